The number of hydrogen-bond donors (Lipinski definition) is 1. The van der Waals surface area contributed by atoms with Crippen LogP contribution in [0.5, 0.6) is 17.2 Å². The molecule has 0 amide bonds. The largest absolute Gasteiger partial charge is 0.491 e. The van der Waals surface area contributed by atoms with Gasteiger partial charge in [0, 0.05) is 22.3 Å². The van der Waals surface area contributed by atoms with Crippen LogP contribution in [-0.2, 0) is 19.1 Å². The van der Waals surface area contributed by atoms with Crippen molar-refractivity contribution in [3.63, 3.8) is 0 Å². The summed E-state index contributed by atoms with van der Waals surface area (Å²) in [5.74, 6) is 2.28. The first-order chi connectivity index (χ1) is 24.7. The predicted molar refractivity (Wildman–Crippen MR) is 201 cm³/mol. The number of carbonyl (C=O) groups excluding carboxylic acids is 2. The van der Waals surface area contributed by atoms with Gasteiger partial charge in [0.15, 0.2) is 0 Å². The number of esters is 2. The van der Waals surface area contributed by atoms with Gasteiger partial charge in [0.25, 0.3) is 0 Å². The van der Waals surface area contributed by atoms with Crippen molar-refractivity contribution >= 4 is 11.9 Å². The summed E-state index contributed by atoms with van der Waals surface area (Å²) >= 11 is 0. The monoisotopic (exact) mass is 698 g/mol. The lowest BCUT2D eigenvalue weighted by Crippen LogP contribution is -2.17. The molecule has 274 valence electrons. The summed E-state index contributed by atoms with van der Waals surface area (Å²) in [7, 11) is 0. The normalized spacial score (nSPS) is 15.5. The molecule has 0 unspecified atom stereocenters. The summed E-state index contributed by atoms with van der Waals surface area (Å²) < 4.78 is 28.9. The average Bonchev–Trinajstić information content (AvgIpc) is 3.14. The van der Waals surface area contributed by atoms with E-state index in [1.807, 2.05) is 42.5 Å². The summed E-state index contributed by atoms with van der Waals surface area (Å²) in [5.41, 5.74) is 5.59. The molecule has 0 saturated heterocycles. The van der Waals surface area contributed by atoms with Crippen molar-refractivity contribution in [3.05, 3.63) is 90.5 Å². The molecule has 1 aliphatic carbocycles. The third-order valence-corrected chi connectivity index (χ3v) is 9.20. The number of hydrogen-bond acceptors (Lipinski definition) is 8. The van der Waals surface area contributed by atoms with E-state index in [1.165, 1.54) is 38.5 Å². The first kappa shape index (κ1) is 39.2. The molecule has 3 aromatic carbocycles. The summed E-state index contributed by atoms with van der Waals surface area (Å²) in [6.45, 7) is 13.6. The predicted octanol–water partition coefficient (Wildman–Crippen LogP) is 9.24. The Morgan fingerprint density at radius 1 is 0.686 bits per heavy atom. The van der Waals surface area contributed by atoms with Crippen LogP contribution >= 0.6 is 0 Å². The SMILES string of the molecule is C=C(C)C(=O)OCCOc1cc(C2CCC(CCCCC)CC2)c(OCCOC(=O)C(=C)C)cc1-c1ccc(-c2ccc(OCCO)cc2)cc1. The maximum absolute atomic E-state index is 12.0. The van der Waals surface area contributed by atoms with E-state index in [-0.39, 0.29) is 39.6 Å². The molecular weight excluding hydrogens is 644 g/mol. The van der Waals surface area contributed by atoms with Crippen molar-refractivity contribution in [1.82, 2.24) is 0 Å². The molecule has 8 nitrogen and oxygen atoms in total. The van der Waals surface area contributed by atoms with Gasteiger partial charge in [0.05, 0.1) is 6.61 Å². The molecule has 0 spiro atoms. The van der Waals surface area contributed by atoms with Gasteiger partial charge in [-0.15, -0.1) is 0 Å². The van der Waals surface area contributed by atoms with E-state index in [9.17, 15) is 9.59 Å². The highest BCUT2D eigenvalue weighted by Gasteiger charge is 2.26. The second-order valence-electron chi connectivity index (χ2n) is 13.3. The Morgan fingerprint density at radius 3 is 1.78 bits per heavy atom. The van der Waals surface area contributed by atoms with Crippen molar-refractivity contribution in [2.24, 2.45) is 5.92 Å². The van der Waals surface area contributed by atoms with E-state index in [1.54, 1.807) is 13.8 Å². The summed E-state index contributed by atoms with van der Waals surface area (Å²) in [6, 6.07) is 20.1. The van der Waals surface area contributed by atoms with Gasteiger partial charge in [-0.25, -0.2) is 9.59 Å². The number of carbonyl (C=O) groups is 2. The van der Waals surface area contributed by atoms with Crippen LogP contribution in [0, 0.1) is 5.92 Å². The average molecular weight is 699 g/mol. The van der Waals surface area contributed by atoms with Crippen molar-refractivity contribution in [2.75, 3.05) is 39.6 Å². The molecule has 0 aliphatic heterocycles. The number of unbranched alkanes of at least 4 members (excludes halogenated alkanes) is 2. The highest BCUT2D eigenvalue weighted by molar-refractivity contribution is 5.87. The second kappa shape index (κ2) is 20.3. The Hall–Kier alpha value is -4.56. The first-order valence-electron chi connectivity index (χ1n) is 18.2. The minimum Gasteiger partial charge on any atom is -0.491 e. The lowest BCUT2D eigenvalue weighted by Gasteiger charge is -2.30. The summed E-state index contributed by atoms with van der Waals surface area (Å²) in [4.78, 5) is 24.1. The number of benzene rings is 3. The topological polar surface area (TPSA) is 101 Å². The van der Waals surface area contributed by atoms with Crippen LogP contribution in [-0.4, -0.2) is 56.7 Å². The van der Waals surface area contributed by atoms with Gasteiger partial charge in [0.2, 0.25) is 0 Å². The van der Waals surface area contributed by atoms with E-state index in [2.05, 4.69) is 38.3 Å². The second-order valence-corrected chi connectivity index (χ2v) is 13.3. The molecule has 1 N–H and O–H groups in total. The Kier molecular flexibility index (Phi) is 15.6. The van der Waals surface area contributed by atoms with Gasteiger partial charge in [0.1, 0.15) is 50.3 Å². The van der Waals surface area contributed by atoms with Crippen LogP contribution in [0.2, 0.25) is 0 Å². The van der Waals surface area contributed by atoms with E-state index >= 15 is 0 Å². The van der Waals surface area contributed by atoms with Gasteiger partial charge in [-0.1, -0.05) is 82.2 Å². The summed E-state index contributed by atoms with van der Waals surface area (Å²) in [6.07, 6.45) is 9.56. The van der Waals surface area contributed by atoms with Crippen LogP contribution in [0.3, 0.4) is 0 Å². The van der Waals surface area contributed by atoms with E-state index in [4.69, 9.17) is 28.8 Å². The molecule has 1 saturated carbocycles. The first-order valence-corrected chi connectivity index (χ1v) is 18.2. The van der Waals surface area contributed by atoms with Gasteiger partial charge < -0.3 is 28.8 Å². The lowest BCUT2D eigenvalue weighted by molar-refractivity contribution is -0.140. The smallest absolute Gasteiger partial charge is 0.333 e. The Bertz CT molecular complexity index is 1580. The Balaban J connectivity index is 1.64. The zero-order chi connectivity index (χ0) is 36.6. The molecular formula is C43H54O8. The van der Waals surface area contributed by atoms with Crippen molar-refractivity contribution in [2.45, 2.75) is 78.1 Å². The minimum absolute atomic E-state index is 0.0367. The molecule has 0 aromatic heterocycles. The number of aliphatic hydroxyl groups is 1. The van der Waals surface area contributed by atoms with Gasteiger partial charge in [-0.2, -0.15) is 0 Å². The highest BCUT2D eigenvalue weighted by Crippen LogP contribution is 2.45. The lowest BCUT2D eigenvalue weighted by atomic mass is 9.76. The molecule has 1 fully saturated rings. The van der Waals surface area contributed by atoms with Gasteiger partial charge in [-0.05, 0) is 92.3 Å². The number of rotatable bonds is 20. The van der Waals surface area contributed by atoms with Gasteiger partial charge in [-0.3, -0.25) is 0 Å². The third-order valence-electron chi connectivity index (χ3n) is 9.20. The third kappa shape index (κ3) is 12.0. The number of ether oxygens (including phenoxy) is 5. The number of aliphatic hydroxyl groups excluding tert-OH is 1. The summed E-state index contributed by atoms with van der Waals surface area (Å²) in [5, 5.41) is 9.05. The van der Waals surface area contributed by atoms with Crippen molar-refractivity contribution in [3.8, 4) is 39.5 Å². The zero-order valence-corrected chi connectivity index (χ0v) is 30.5. The fraction of sp³-hybridized carbons (Fsp3) is 0.442. The van der Waals surface area contributed by atoms with Crippen LogP contribution in [0.4, 0.5) is 0 Å². The van der Waals surface area contributed by atoms with Crippen LogP contribution in [0.1, 0.15) is 83.6 Å². The van der Waals surface area contributed by atoms with Crippen LogP contribution < -0.4 is 14.2 Å². The molecule has 1 aliphatic rings. The van der Waals surface area contributed by atoms with Crippen LogP contribution in [0.15, 0.2) is 85.0 Å². The highest BCUT2D eigenvalue weighted by atomic mass is 16.6. The molecule has 8 heteroatoms. The Morgan fingerprint density at radius 2 is 1.24 bits per heavy atom. The van der Waals surface area contributed by atoms with Crippen molar-refractivity contribution in [1.29, 1.82) is 0 Å². The fourth-order valence-electron chi connectivity index (χ4n) is 6.38. The van der Waals surface area contributed by atoms with Crippen LogP contribution in [0.25, 0.3) is 22.3 Å². The molecule has 0 bridgehead atoms. The van der Waals surface area contributed by atoms with Crippen molar-refractivity contribution < 1.29 is 38.4 Å². The molecule has 4 rings (SSSR count). The molecule has 0 heterocycles. The van der Waals surface area contributed by atoms with Gasteiger partial charge >= 0.3 is 11.9 Å². The molecule has 0 atom stereocenters. The van der Waals surface area contributed by atoms with E-state index in [0.717, 1.165) is 52.3 Å². The molecule has 51 heavy (non-hydrogen) atoms. The van der Waals surface area contributed by atoms with E-state index in [0.29, 0.717) is 28.6 Å². The maximum Gasteiger partial charge on any atom is 0.333 e. The van der Waals surface area contributed by atoms with E-state index < -0.39 is 11.9 Å². The standard InChI is InChI=1S/C43H54O8/c1-6-7-8-9-32-10-12-35(13-11-32)38-28-41(49-25-27-51-43(46)31(4)5)39(29-40(38)48-24-26-50-42(45)30(2)3)36-16-14-33(15-17-36)34-18-20-37(21-19-34)47-23-22-44/h14-21,28-29,32,35,44H,2,4,6-13,22-27H2,1,3,5H3. The zero-order valence-electron chi connectivity index (χ0n) is 30.5. The quantitative estimate of drug-likeness (QED) is 0.0708. The minimum atomic E-state index is -0.449. The molecule has 3 aromatic rings. The Labute approximate surface area is 303 Å². The maximum atomic E-state index is 12.0. The fourth-order valence-corrected chi connectivity index (χ4v) is 6.38. The molecule has 0 radical (unpaired) electrons.